The fraction of sp³-hybridized carbons (Fsp3) is 0.450. The molecule has 1 aliphatic heterocycles. The third-order valence-corrected chi connectivity index (χ3v) is 4.66. The topological polar surface area (TPSA) is 115 Å². The fourth-order valence-electron chi connectivity index (χ4n) is 3.29. The van der Waals surface area contributed by atoms with Crippen molar-refractivity contribution in [1.29, 1.82) is 0 Å². The zero-order valence-corrected chi connectivity index (χ0v) is 16.1. The van der Waals surface area contributed by atoms with E-state index in [9.17, 15) is 9.59 Å². The molecule has 0 saturated carbocycles. The number of piperidine rings is 1. The number of hydrogen-bond donors (Lipinski definition) is 2. The van der Waals surface area contributed by atoms with Gasteiger partial charge in [0, 0.05) is 37.5 Å². The number of nitrogens with two attached hydrogens (primary N) is 1. The van der Waals surface area contributed by atoms with Crippen LogP contribution in [0.5, 0.6) is 11.6 Å². The Morgan fingerprint density at radius 1 is 1.32 bits per heavy atom. The Kier molecular flexibility index (Phi) is 5.99. The van der Waals surface area contributed by atoms with E-state index in [0.717, 1.165) is 10.8 Å². The second kappa shape index (κ2) is 8.43. The first-order valence-corrected chi connectivity index (χ1v) is 9.33. The minimum absolute atomic E-state index is 0.0915. The molecule has 1 aromatic heterocycles. The van der Waals surface area contributed by atoms with E-state index < -0.39 is 12.5 Å². The number of fused-ring (bicyclic) bond motifs is 1. The molecule has 8 heteroatoms. The SMILES string of the molecule is CC(C)Oc1cc2c(OC3CCN(C(=O)CO)CC3)nccc2cc1C(N)=O. The summed E-state index contributed by atoms with van der Waals surface area (Å²) in [4.78, 5) is 29.4. The van der Waals surface area contributed by atoms with Gasteiger partial charge in [-0.25, -0.2) is 4.98 Å². The summed E-state index contributed by atoms with van der Waals surface area (Å²) < 4.78 is 11.9. The molecule has 1 fully saturated rings. The van der Waals surface area contributed by atoms with Gasteiger partial charge >= 0.3 is 0 Å². The summed E-state index contributed by atoms with van der Waals surface area (Å²) in [6.07, 6.45) is 2.71. The number of rotatable bonds is 6. The zero-order chi connectivity index (χ0) is 20.3. The molecule has 2 amide bonds. The Balaban J connectivity index is 1.86. The van der Waals surface area contributed by atoms with Crippen LogP contribution in [0.15, 0.2) is 24.4 Å². The lowest BCUT2D eigenvalue weighted by Crippen LogP contribution is -2.43. The van der Waals surface area contributed by atoms with Crippen LogP contribution in [0.25, 0.3) is 10.8 Å². The number of nitrogens with zero attached hydrogens (tertiary/aromatic N) is 2. The van der Waals surface area contributed by atoms with E-state index in [2.05, 4.69) is 4.98 Å². The van der Waals surface area contributed by atoms with Crippen molar-refractivity contribution in [2.24, 2.45) is 5.73 Å². The molecular weight excluding hydrogens is 362 g/mol. The average molecular weight is 387 g/mol. The van der Waals surface area contributed by atoms with Crippen LogP contribution in [0.2, 0.25) is 0 Å². The number of carbonyl (C=O) groups is 2. The van der Waals surface area contributed by atoms with Gasteiger partial charge in [-0.1, -0.05) is 0 Å². The summed E-state index contributed by atoms with van der Waals surface area (Å²) in [6, 6.07) is 5.21. The molecule has 0 aliphatic carbocycles. The molecular formula is C20H25N3O5. The van der Waals surface area contributed by atoms with Crippen LogP contribution < -0.4 is 15.2 Å². The number of likely N-dealkylation sites (tertiary alicyclic amines) is 1. The lowest BCUT2D eigenvalue weighted by molar-refractivity contribution is -0.135. The summed E-state index contributed by atoms with van der Waals surface area (Å²) >= 11 is 0. The van der Waals surface area contributed by atoms with Gasteiger partial charge in [0.05, 0.1) is 11.7 Å². The van der Waals surface area contributed by atoms with E-state index >= 15 is 0 Å². The molecule has 0 radical (unpaired) electrons. The predicted octanol–water partition coefficient (Wildman–Crippen LogP) is 1.48. The standard InChI is InChI=1S/C20H25N3O5/c1-12(2)27-17-10-15-13(9-16(17)19(21)26)3-6-22-20(15)28-14-4-7-23(8-5-14)18(25)11-24/h3,6,9-10,12,14,24H,4-5,7-8,11H2,1-2H3,(H2,21,26). The van der Waals surface area contributed by atoms with E-state index in [-0.39, 0.29) is 18.1 Å². The molecule has 150 valence electrons. The molecule has 8 nitrogen and oxygen atoms in total. The molecule has 0 spiro atoms. The van der Waals surface area contributed by atoms with E-state index in [1.165, 1.54) is 0 Å². The average Bonchev–Trinajstić information content (AvgIpc) is 2.67. The van der Waals surface area contributed by atoms with Gasteiger partial charge in [0.2, 0.25) is 11.8 Å². The second-order valence-electron chi connectivity index (χ2n) is 7.07. The maximum Gasteiger partial charge on any atom is 0.252 e. The Hall–Kier alpha value is -2.87. The minimum atomic E-state index is -0.558. The smallest absolute Gasteiger partial charge is 0.252 e. The van der Waals surface area contributed by atoms with Crippen molar-refractivity contribution in [3.63, 3.8) is 0 Å². The van der Waals surface area contributed by atoms with Crippen LogP contribution in [0.4, 0.5) is 0 Å². The van der Waals surface area contributed by atoms with E-state index in [1.54, 1.807) is 29.3 Å². The lowest BCUT2D eigenvalue weighted by Gasteiger charge is -2.31. The molecule has 1 saturated heterocycles. The second-order valence-corrected chi connectivity index (χ2v) is 7.07. The molecule has 0 unspecified atom stereocenters. The van der Waals surface area contributed by atoms with Gasteiger partial charge < -0.3 is 25.2 Å². The van der Waals surface area contributed by atoms with Crippen molar-refractivity contribution < 1.29 is 24.2 Å². The Morgan fingerprint density at radius 2 is 2.04 bits per heavy atom. The molecule has 2 aromatic rings. The first-order chi connectivity index (χ1) is 13.4. The Labute approximate surface area is 163 Å². The van der Waals surface area contributed by atoms with Gasteiger partial charge in [-0.05, 0) is 37.4 Å². The molecule has 0 atom stereocenters. The highest BCUT2D eigenvalue weighted by molar-refractivity contribution is 6.01. The first-order valence-electron chi connectivity index (χ1n) is 9.33. The summed E-state index contributed by atoms with van der Waals surface area (Å²) in [7, 11) is 0. The number of aliphatic hydroxyl groups excluding tert-OH is 1. The van der Waals surface area contributed by atoms with E-state index in [0.29, 0.717) is 43.1 Å². The maximum atomic E-state index is 11.8. The zero-order valence-electron chi connectivity index (χ0n) is 16.1. The normalized spacial score (nSPS) is 15.1. The summed E-state index contributed by atoms with van der Waals surface area (Å²) in [5.74, 6) is 0.0271. The number of amides is 2. The number of benzene rings is 1. The van der Waals surface area contributed by atoms with Crippen molar-refractivity contribution in [3.8, 4) is 11.6 Å². The van der Waals surface area contributed by atoms with Gasteiger partial charge in [0.25, 0.3) is 5.91 Å². The molecule has 1 aliphatic rings. The Morgan fingerprint density at radius 3 is 2.64 bits per heavy atom. The van der Waals surface area contributed by atoms with Crippen LogP contribution >= 0.6 is 0 Å². The number of pyridine rings is 1. The maximum absolute atomic E-state index is 11.8. The van der Waals surface area contributed by atoms with Crippen molar-refractivity contribution in [2.75, 3.05) is 19.7 Å². The van der Waals surface area contributed by atoms with Crippen molar-refractivity contribution in [1.82, 2.24) is 9.88 Å². The molecule has 3 N–H and O–H groups in total. The van der Waals surface area contributed by atoms with E-state index in [4.69, 9.17) is 20.3 Å². The molecule has 2 heterocycles. The largest absolute Gasteiger partial charge is 0.490 e. The molecule has 0 bridgehead atoms. The number of aromatic nitrogens is 1. The monoisotopic (exact) mass is 387 g/mol. The van der Waals surface area contributed by atoms with Crippen LogP contribution in [-0.2, 0) is 4.79 Å². The van der Waals surface area contributed by atoms with Gasteiger partial charge in [-0.15, -0.1) is 0 Å². The summed E-state index contributed by atoms with van der Waals surface area (Å²) in [6.45, 7) is 4.33. The van der Waals surface area contributed by atoms with Crippen molar-refractivity contribution >= 4 is 22.6 Å². The Bertz CT molecular complexity index is 876. The van der Waals surface area contributed by atoms with Crippen LogP contribution in [0.1, 0.15) is 37.0 Å². The first kappa shape index (κ1) is 19.9. The quantitative estimate of drug-likeness (QED) is 0.776. The van der Waals surface area contributed by atoms with Crippen LogP contribution in [0, 0.1) is 0 Å². The highest BCUT2D eigenvalue weighted by Crippen LogP contribution is 2.32. The highest BCUT2D eigenvalue weighted by Gasteiger charge is 2.24. The summed E-state index contributed by atoms with van der Waals surface area (Å²) in [5.41, 5.74) is 5.82. The van der Waals surface area contributed by atoms with Crippen LogP contribution in [0.3, 0.4) is 0 Å². The number of hydrogen-bond acceptors (Lipinski definition) is 6. The number of aliphatic hydroxyl groups is 1. The third kappa shape index (κ3) is 4.33. The van der Waals surface area contributed by atoms with Gasteiger partial charge in [0.1, 0.15) is 18.5 Å². The summed E-state index contributed by atoms with van der Waals surface area (Å²) in [5, 5.41) is 10.5. The lowest BCUT2D eigenvalue weighted by atomic mass is 10.1. The predicted molar refractivity (Wildman–Crippen MR) is 103 cm³/mol. The number of carbonyl (C=O) groups excluding carboxylic acids is 2. The molecule has 3 rings (SSSR count). The van der Waals surface area contributed by atoms with Crippen molar-refractivity contribution in [2.45, 2.75) is 38.9 Å². The van der Waals surface area contributed by atoms with E-state index in [1.807, 2.05) is 13.8 Å². The number of primary amides is 1. The molecule has 28 heavy (non-hydrogen) atoms. The fourth-order valence-corrected chi connectivity index (χ4v) is 3.29. The highest BCUT2D eigenvalue weighted by atomic mass is 16.5. The molecule has 1 aromatic carbocycles. The van der Waals surface area contributed by atoms with Crippen LogP contribution in [-0.4, -0.2) is 58.7 Å². The third-order valence-electron chi connectivity index (χ3n) is 4.66. The minimum Gasteiger partial charge on any atom is -0.490 e. The number of ether oxygens (including phenoxy) is 2. The van der Waals surface area contributed by atoms with Gasteiger partial charge in [-0.2, -0.15) is 0 Å². The van der Waals surface area contributed by atoms with Gasteiger partial charge in [0.15, 0.2) is 0 Å². The van der Waals surface area contributed by atoms with Gasteiger partial charge in [-0.3, -0.25) is 9.59 Å². The van der Waals surface area contributed by atoms with Crippen molar-refractivity contribution in [3.05, 3.63) is 30.0 Å².